The molecule has 0 saturated carbocycles. The van der Waals surface area contributed by atoms with Gasteiger partial charge >= 0.3 is 0 Å². The topological polar surface area (TPSA) is 75.5 Å². The molecule has 0 aliphatic carbocycles. The predicted molar refractivity (Wildman–Crippen MR) is 93.3 cm³/mol. The second-order valence-electron chi connectivity index (χ2n) is 5.33. The highest BCUT2D eigenvalue weighted by Gasteiger charge is 2.08. The first-order valence-electron chi connectivity index (χ1n) is 7.30. The zero-order valence-electron chi connectivity index (χ0n) is 12.9. The van der Waals surface area contributed by atoms with E-state index in [0.717, 1.165) is 5.65 Å². The van der Waals surface area contributed by atoms with E-state index in [0.29, 0.717) is 22.1 Å². The molecule has 2 N–H and O–H groups in total. The van der Waals surface area contributed by atoms with E-state index >= 15 is 0 Å². The van der Waals surface area contributed by atoms with Gasteiger partial charge in [-0.3, -0.25) is 9.59 Å². The number of hydrogen-bond acceptors (Lipinski definition) is 3. The third-order valence-corrected chi connectivity index (χ3v) is 3.52. The van der Waals surface area contributed by atoms with E-state index in [-0.39, 0.29) is 18.2 Å². The lowest BCUT2D eigenvalue weighted by Crippen LogP contribution is -2.14. The zero-order valence-corrected chi connectivity index (χ0v) is 13.7. The van der Waals surface area contributed by atoms with Gasteiger partial charge in [-0.2, -0.15) is 0 Å². The van der Waals surface area contributed by atoms with Gasteiger partial charge in [-0.1, -0.05) is 11.6 Å². The molecule has 3 rings (SSSR count). The maximum Gasteiger partial charge on any atom is 0.230 e. The maximum atomic E-state index is 12.1. The molecular formula is C17H15ClN4O2. The average molecular weight is 343 g/mol. The van der Waals surface area contributed by atoms with Crippen LogP contribution in [0.1, 0.15) is 12.6 Å². The summed E-state index contributed by atoms with van der Waals surface area (Å²) in [6.45, 7) is 1.44. The number of aromatic nitrogens is 2. The van der Waals surface area contributed by atoms with Crippen LogP contribution in [0.2, 0.25) is 5.02 Å². The Balaban J connectivity index is 1.64. The van der Waals surface area contributed by atoms with Crippen molar-refractivity contribution in [2.75, 3.05) is 10.6 Å². The number of benzene rings is 1. The van der Waals surface area contributed by atoms with Crippen molar-refractivity contribution in [3.05, 3.63) is 59.5 Å². The standard InChI is InChI=1S/C17H15ClN4O2/c1-11(23)19-13-3-5-14(6-4-13)21-17(24)8-15-10-22-9-12(18)2-7-16(22)20-15/h2-7,9-10H,8H2,1H3,(H,19,23)(H,21,24). The van der Waals surface area contributed by atoms with E-state index in [1.54, 1.807) is 53.2 Å². The highest BCUT2D eigenvalue weighted by molar-refractivity contribution is 6.30. The lowest BCUT2D eigenvalue weighted by molar-refractivity contribution is -0.116. The Kier molecular flexibility index (Phi) is 4.48. The van der Waals surface area contributed by atoms with Crippen molar-refractivity contribution in [2.45, 2.75) is 13.3 Å². The van der Waals surface area contributed by atoms with Crippen LogP contribution in [-0.4, -0.2) is 21.2 Å². The molecule has 2 heterocycles. The fourth-order valence-electron chi connectivity index (χ4n) is 2.31. The molecule has 0 spiro atoms. The number of hydrogen-bond donors (Lipinski definition) is 2. The summed E-state index contributed by atoms with van der Waals surface area (Å²) in [5, 5.41) is 6.08. The molecule has 0 radical (unpaired) electrons. The van der Waals surface area contributed by atoms with E-state index in [2.05, 4.69) is 15.6 Å². The van der Waals surface area contributed by atoms with Gasteiger partial charge in [-0.15, -0.1) is 0 Å². The minimum atomic E-state index is -0.170. The van der Waals surface area contributed by atoms with Crippen LogP contribution in [0.25, 0.3) is 5.65 Å². The summed E-state index contributed by atoms with van der Waals surface area (Å²) in [6, 6.07) is 10.5. The molecule has 2 amide bonds. The van der Waals surface area contributed by atoms with Gasteiger partial charge in [0.25, 0.3) is 0 Å². The first kappa shape index (κ1) is 16.0. The van der Waals surface area contributed by atoms with Crippen molar-refractivity contribution < 1.29 is 9.59 Å². The third kappa shape index (κ3) is 3.91. The highest BCUT2D eigenvalue weighted by Crippen LogP contribution is 2.15. The molecule has 3 aromatic rings. The number of imidazole rings is 1. The minimum absolute atomic E-state index is 0.140. The van der Waals surface area contributed by atoms with E-state index < -0.39 is 0 Å². The van der Waals surface area contributed by atoms with Crippen LogP contribution in [0.5, 0.6) is 0 Å². The minimum Gasteiger partial charge on any atom is -0.326 e. The lowest BCUT2D eigenvalue weighted by Gasteiger charge is -2.06. The molecule has 122 valence electrons. The molecule has 2 aromatic heterocycles. The second kappa shape index (κ2) is 6.72. The van der Waals surface area contributed by atoms with Crippen molar-refractivity contribution in [3.8, 4) is 0 Å². The van der Waals surface area contributed by atoms with Crippen LogP contribution in [0.3, 0.4) is 0 Å². The largest absolute Gasteiger partial charge is 0.326 e. The first-order valence-corrected chi connectivity index (χ1v) is 7.68. The van der Waals surface area contributed by atoms with Crippen molar-refractivity contribution in [3.63, 3.8) is 0 Å². The average Bonchev–Trinajstić information content (AvgIpc) is 2.89. The summed E-state index contributed by atoms with van der Waals surface area (Å²) in [6.07, 6.45) is 3.68. The third-order valence-electron chi connectivity index (χ3n) is 3.30. The highest BCUT2D eigenvalue weighted by atomic mass is 35.5. The fourth-order valence-corrected chi connectivity index (χ4v) is 2.48. The van der Waals surface area contributed by atoms with Gasteiger partial charge in [-0.25, -0.2) is 4.98 Å². The van der Waals surface area contributed by atoms with Gasteiger partial charge in [0.1, 0.15) is 5.65 Å². The summed E-state index contributed by atoms with van der Waals surface area (Å²) in [4.78, 5) is 27.5. The van der Waals surface area contributed by atoms with Crippen molar-refractivity contribution in [1.29, 1.82) is 0 Å². The van der Waals surface area contributed by atoms with Crippen LogP contribution in [0, 0.1) is 0 Å². The van der Waals surface area contributed by atoms with E-state index in [9.17, 15) is 9.59 Å². The molecule has 6 nitrogen and oxygen atoms in total. The Morgan fingerprint density at radius 3 is 2.38 bits per heavy atom. The lowest BCUT2D eigenvalue weighted by atomic mass is 10.2. The van der Waals surface area contributed by atoms with E-state index in [1.165, 1.54) is 6.92 Å². The van der Waals surface area contributed by atoms with Crippen molar-refractivity contribution in [2.24, 2.45) is 0 Å². The first-order chi connectivity index (χ1) is 11.5. The number of pyridine rings is 1. The summed E-state index contributed by atoms with van der Waals surface area (Å²) in [5.74, 6) is -0.310. The molecule has 0 unspecified atom stereocenters. The van der Waals surface area contributed by atoms with Gasteiger partial charge < -0.3 is 15.0 Å². The van der Waals surface area contributed by atoms with E-state index in [4.69, 9.17) is 11.6 Å². The summed E-state index contributed by atoms with van der Waals surface area (Å²) >= 11 is 5.93. The molecule has 7 heteroatoms. The van der Waals surface area contributed by atoms with Crippen LogP contribution in [0.15, 0.2) is 48.8 Å². The van der Waals surface area contributed by atoms with Gasteiger partial charge in [0.05, 0.1) is 17.1 Å². The number of carbonyl (C=O) groups excluding carboxylic acids is 2. The SMILES string of the molecule is CC(=O)Nc1ccc(NC(=O)Cc2cn3cc(Cl)ccc3n2)cc1. The van der Waals surface area contributed by atoms with Crippen molar-refractivity contribution in [1.82, 2.24) is 9.38 Å². The monoisotopic (exact) mass is 342 g/mol. The zero-order chi connectivity index (χ0) is 17.1. The number of nitrogens with one attached hydrogen (secondary N) is 2. The Morgan fingerprint density at radius 1 is 1.04 bits per heavy atom. The number of carbonyl (C=O) groups is 2. The molecule has 0 aliphatic rings. The number of nitrogens with zero attached hydrogens (tertiary/aromatic N) is 2. The van der Waals surface area contributed by atoms with Crippen LogP contribution >= 0.6 is 11.6 Å². The summed E-state index contributed by atoms with van der Waals surface area (Å²) < 4.78 is 1.78. The molecule has 1 aromatic carbocycles. The Morgan fingerprint density at radius 2 is 1.71 bits per heavy atom. The van der Waals surface area contributed by atoms with Crippen LogP contribution in [0.4, 0.5) is 11.4 Å². The number of halogens is 1. The molecule has 24 heavy (non-hydrogen) atoms. The van der Waals surface area contributed by atoms with Gasteiger partial charge in [-0.05, 0) is 36.4 Å². The molecular weight excluding hydrogens is 328 g/mol. The normalized spacial score (nSPS) is 10.6. The summed E-state index contributed by atoms with van der Waals surface area (Å²) in [7, 11) is 0. The molecule has 0 fully saturated rings. The predicted octanol–water partition coefficient (Wildman–Crippen LogP) is 3.13. The van der Waals surface area contributed by atoms with Crippen LogP contribution in [-0.2, 0) is 16.0 Å². The van der Waals surface area contributed by atoms with Gasteiger partial charge in [0.15, 0.2) is 0 Å². The molecule has 0 aliphatic heterocycles. The van der Waals surface area contributed by atoms with E-state index in [1.807, 2.05) is 0 Å². The van der Waals surface area contributed by atoms with Crippen LogP contribution < -0.4 is 10.6 Å². The molecule has 0 atom stereocenters. The quantitative estimate of drug-likeness (QED) is 0.764. The number of amides is 2. The maximum absolute atomic E-state index is 12.1. The molecule has 0 bridgehead atoms. The van der Waals surface area contributed by atoms with Gasteiger partial charge in [0.2, 0.25) is 11.8 Å². The summed E-state index contributed by atoms with van der Waals surface area (Å²) in [5.41, 5.74) is 2.73. The van der Waals surface area contributed by atoms with Crippen molar-refractivity contribution >= 4 is 40.4 Å². The Hall–Kier alpha value is -2.86. The second-order valence-corrected chi connectivity index (χ2v) is 5.76. The number of fused-ring (bicyclic) bond motifs is 1. The Labute approximate surface area is 143 Å². The smallest absolute Gasteiger partial charge is 0.230 e. The fraction of sp³-hybridized carbons (Fsp3) is 0.118. The number of anilines is 2. The Bertz CT molecular complexity index is 903. The molecule has 0 saturated heterocycles. The van der Waals surface area contributed by atoms with Gasteiger partial charge in [0, 0.05) is 30.7 Å². The number of rotatable bonds is 4.